The Labute approximate surface area is 355 Å². The molecule has 4 atom stereocenters. The maximum absolute atomic E-state index is 13.8. The van der Waals surface area contributed by atoms with Crippen LogP contribution in [-0.4, -0.2) is 90.1 Å². The van der Waals surface area contributed by atoms with Crippen LogP contribution in [0.25, 0.3) is 11.3 Å². The molecule has 2 saturated heterocycles. The number of amides is 4. The molecule has 0 bridgehead atoms. The number of nitrogens with zero attached hydrogens (tertiary/aromatic N) is 4. The highest BCUT2D eigenvalue weighted by Gasteiger charge is 2.40. The van der Waals surface area contributed by atoms with E-state index in [1.165, 1.54) is 5.56 Å². The third-order valence-corrected chi connectivity index (χ3v) is 12.0. The lowest BCUT2D eigenvalue weighted by Crippen LogP contribution is -2.52. The first-order valence-corrected chi connectivity index (χ1v) is 22.1. The molecule has 1 saturated carbocycles. The molecule has 2 aromatic heterocycles. The molecule has 2 aliphatic heterocycles. The number of aromatic nitrogens is 4. The highest BCUT2D eigenvalue weighted by molar-refractivity contribution is 5.87. The first-order valence-electron chi connectivity index (χ1n) is 22.1. The van der Waals surface area contributed by atoms with Gasteiger partial charge in [0.15, 0.2) is 0 Å². The van der Waals surface area contributed by atoms with Crippen molar-refractivity contribution in [3.05, 3.63) is 59.6 Å². The molecule has 1 aromatic carbocycles. The van der Waals surface area contributed by atoms with Crippen molar-refractivity contribution in [3.63, 3.8) is 0 Å². The fraction of sp³-hybridized carbons (Fsp3) is 0.652. The van der Waals surface area contributed by atoms with E-state index in [1.54, 1.807) is 20.8 Å². The van der Waals surface area contributed by atoms with Crippen molar-refractivity contribution in [2.75, 3.05) is 13.1 Å². The van der Waals surface area contributed by atoms with Crippen LogP contribution in [0.15, 0.2) is 36.7 Å². The highest BCUT2D eigenvalue weighted by Crippen LogP contribution is 2.41. The zero-order valence-electron chi connectivity index (χ0n) is 37.4. The number of ether oxygens (including phenoxy) is 2. The minimum Gasteiger partial charge on any atom is -0.444 e. The summed E-state index contributed by atoms with van der Waals surface area (Å²) in [7, 11) is 0. The Bertz CT molecular complexity index is 1950. The van der Waals surface area contributed by atoms with Crippen LogP contribution in [0.5, 0.6) is 0 Å². The second kappa shape index (κ2) is 18.4. The standard InChI is InChI=1S/C46H68N8O6/c1-27(2)37(51-43(57)59-45(5,6)7)41(55)53-23-11-13-35(53)39-47-25-33(49-39)31-19-15-29(16-20-31)30-17-21-32(22-18-30)34-26-48-40(50-34)36-14-12-24-54(36)42(56)38(28(3)4)52-44(58)60-46(8,9)10/h15-16,19-20,25-28,30,32,35-38H,11-14,17-18,21-24H2,1-10H3,(H,47,49)(H,48,50)(H,51,57)(H,52,58)/t30?,32?,35-,36-,37-,38-/m0/s1. The largest absolute Gasteiger partial charge is 0.444 e. The van der Waals surface area contributed by atoms with Gasteiger partial charge in [0.05, 0.1) is 24.0 Å². The maximum Gasteiger partial charge on any atom is 0.408 e. The Morgan fingerprint density at radius 1 is 0.650 bits per heavy atom. The van der Waals surface area contributed by atoms with Crippen molar-refractivity contribution in [1.82, 2.24) is 40.4 Å². The predicted molar refractivity (Wildman–Crippen MR) is 230 cm³/mol. The van der Waals surface area contributed by atoms with Gasteiger partial charge in [0, 0.05) is 30.9 Å². The number of carbonyl (C=O) groups is 4. The molecule has 14 heteroatoms. The number of rotatable bonds is 11. The van der Waals surface area contributed by atoms with Gasteiger partial charge in [0.1, 0.15) is 34.9 Å². The SMILES string of the molecule is CC(C)[C@H](NC(=O)OC(C)(C)C)C(=O)N1CCC[C@H]1c1ncc(-c2ccc(C3CCC(c4cnc([C@@H]5CCCN5C(=O)[C@@H](NC(=O)OC(C)(C)C)C(C)C)[nH]4)CC3)cc2)[nH]1. The topological polar surface area (TPSA) is 175 Å². The van der Waals surface area contributed by atoms with Crippen LogP contribution in [0.1, 0.15) is 167 Å². The van der Waals surface area contributed by atoms with E-state index in [4.69, 9.17) is 19.4 Å². The second-order valence-corrected chi connectivity index (χ2v) is 19.7. The molecular weight excluding hydrogens is 761 g/mol. The average Bonchev–Trinajstić information content (AvgIpc) is 4.01. The number of imidazole rings is 2. The molecule has 1 aliphatic carbocycles. The molecule has 60 heavy (non-hydrogen) atoms. The summed E-state index contributed by atoms with van der Waals surface area (Å²) in [6.45, 7) is 19.8. The van der Waals surface area contributed by atoms with Gasteiger partial charge in [0.2, 0.25) is 11.8 Å². The van der Waals surface area contributed by atoms with Crippen LogP contribution >= 0.6 is 0 Å². The molecule has 0 radical (unpaired) electrons. The molecule has 0 unspecified atom stereocenters. The fourth-order valence-corrected chi connectivity index (χ4v) is 8.94. The quantitative estimate of drug-likeness (QED) is 0.149. The van der Waals surface area contributed by atoms with Gasteiger partial charge in [-0.1, -0.05) is 52.0 Å². The molecular formula is C46H68N8O6. The summed E-state index contributed by atoms with van der Waals surface area (Å²) in [5.41, 5.74) is 3.09. The molecule has 3 fully saturated rings. The van der Waals surface area contributed by atoms with E-state index < -0.39 is 35.5 Å². The van der Waals surface area contributed by atoms with E-state index in [0.717, 1.165) is 80.0 Å². The van der Waals surface area contributed by atoms with E-state index >= 15 is 0 Å². The first-order chi connectivity index (χ1) is 28.3. The molecule has 3 aliphatic rings. The van der Waals surface area contributed by atoms with Crippen LogP contribution in [0.2, 0.25) is 0 Å². The lowest BCUT2D eigenvalue weighted by Gasteiger charge is -2.31. The third-order valence-electron chi connectivity index (χ3n) is 12.0. The highest BCUT2D eigenvalue weighted by atomic mass is 16.6. The molecule has 4 amide bonds. The Hall–Kier alpha value is -4.88. The van der Waals surface area contributed by atoms with Gasteiger partial charge < -0.3 is 39.9 Å². The minimum atomic E-state index is -0.699. The van der Waals surface area contributed by atoms with Crippen molar-refractivity contribution in [2.24, 2.45) is 11.8 Å². The summed E-state index contributed by atoms with van der Waals surface area (Å²) in [5.74, 6) is 1.97. The number of aromatic amines is 2. The van der Waals surface area contributed by atoms with Crippen LogP contribution in [0, 0.1) is 11.8 Å². The van der Waals surface area contributed by atoms with Gasteiger partial charge in [-0.15, -0.1) is 0 Å². The molecule has 328 valence electrons. The van der Waals surface area contributed by atoms with Crippen molar-refractivity contribution < 1.29 is 28.7 Å². The minimum absolute atomic E-state index is 0.101. The summed E-state index contributed by atoms with van der Waals surface area (Å²) in [6, 6.07) is 7.02. The molecule has 4 heterocycles. The summed E-state index contributed by atoms with van der Waals surface area (Å²) >= 11 is 0. The Balaban J connectivity index is 1.03. The van der Waals surface area contributed by atoms with Crippen molar-refractivity contribution in [3.8, 4) is 11.3 Å². The van der Waals surface area contributed by atoms with Gasteiger partial charge in [0.25, 0.3) is 0 Å². The Morgan fingerprint density at radius 2 is 1.10 bits per heavy atom. The van der Waals surface area contributed by atoms with Crippen LogP contribution in [0.3, 0.4) is 0 Å². The summed E-state index contributed by atoms with van der Waals surface area (Å²) in [4.78, 5) is 73.2. The lowest BCUT2D eigenvalue weighted by atomic mass is 9.77. The van der Waals surface area contributed by atoms with E-state index in [9.17, 15) is 19.2 Å². The third kappa shape index (κ3) is 10.9. The summed E-state index contributed by atoms with van der Waals surface area (Å²) in [6.07, 6.45) is 10.2. The normalized spacial score (nSPS) is 22.2. The van der Waals surface area contributed by atoms with Crippen molar-refractivity contribution in [1.29, 1.82) is 0 Å². The Morgan fingerprint density at radius 3 is 1.57 bits per heavy atom. The van der Waals surface area contributed by atoms with Crippen molar-refractivity contribution >= 4 is 24.0 Å². The van der Waals surface area contributed by atoms with Gasteiger partial charge >= 0.3 is 12.2 Å². The first kappa shape index (κ1) is 44.7. The molecule has 0 spiro atoms. The number of H-pyrrole nitrogens is 2. The summed E-state index contributed by atoms with van der Waals surface area (Å²) in [5, 5.41) is 5.64. The van der Waals surface area contributed by atoms with Crippen molar-refractivity contribution in [2.45, 2.75) is 168 Å². The van der Waals surface area contributed by atoms with E-state index in [2.05, 4.69) is 44.9 Å². The molecule has 6 rings (SSSR count). The molecule has 14 nitrogen and oxygen atoms in total. The molecule has 3 aromatic rings. The van der Waals surface area contributed by atoms with E-state index in [-0.39, 0.29) is 35.7 Å². The molecule has 4 N–H and O–H groups in total. The predicted octanol–water partition coefficient (Wildman–Crippen LogP) is 8.67. The number of nitrogens with one attached hydrogen (secondary N) is 4. The lowest BCUT2D eigenvalue weighted by molar-refractivity contribution is -0.136. The second-order valence-electron chi connectivity index (χ2n) is 19.7. The van der Waals surface area contributed by atoms with Crippen LogP contribution in [0.4, 0.5) is 9.59 Å². The van der Waals surface area contributed by atoms with E-state index in [1.807, 2.05) is 70.7 Å². The van der Waals surface area contributed by atoms with Gasteiger partial charge in [-0.2, -0.15) is 0 Å². The van der Waals surface area contributed by atoms with Crippen LogP contribution < -0.4 is 10.6 Å². The number of hydrogen-bond donors (Lipinski definition) is 4. The number of alkyl carbamates (subject to hydrolysis) is 2. The van der Waals surface area contributed by atoms with Gasteiger partial charge in [-0.25, -0.2) is 19.6 Å². The zero-order chi connectivity index (χ0) is 43.5. The summed E-state index contributed by atoms with van der Waals surface area (Å²) < 4.78 is 10.9. The number of hydrogen-bond acceptors (Lipinski definition) is 8. The van der Waals surface area contributed by atoms with Gasteiger partial charge in [-0.05, 0) is 122 Å². The smallest absolute Gasteiger partial charge is 0.408 e. The van der Waals surface area contributed by atoms with E-state index in [0.29, 0.717) is 24.9 Å². The number of carbonyl (C=O) groups excluding carboxylic acids is 4. The average molecular weight is 829 g/mol. The fourth-order valence-electron chi connectivity index (χ4n) is 8.94. The maximum atomic E-state index is 13.8. The monoisotopic (exact) mass is 829 g/mol. The Kier molecular flexibility index (Phi) is 13.7. The zero-order valence-corrected chi connectivity index (χ0v) is 37.4. The number of likely N-dealkylation sites (tertiary alicyclic amines) is 2. The van der Waals surface area contributed by atoms with Crippen LogP contribution in [-0.2, 0) is 19.1 Å². The number of benzene rings is 1. The van der Waals surface area contributed by atoms with Gasteiger partial charge in [-0.3, -0.25) is 9.59 Å².